The molecule has 31 heavy (non-hydrogen) atoms. The highest BCUT2D eigenvalue weighted by Gasteiger charge is 2.28. The highest BCUT2D eigenvalue weighted by molar-refractivity contribution is 7.18. The van der Waals surface area contributed by atoms with Gasteiger partial charge in [0.2, 0.25) is 0 Å². The van der Waals surface area contributed by atoms with Gasteiger partial charge >= 0.3 is 5.97 Å². The smallest absolute Gasteiger partial charge is 0.341 e. The minimum atomic E-state index is -0.565. The van der Waals surface area contributed by atoms with Crippen LogP contribution >= 0.6 is 11.3 Å². The first-order chi connectivity index (χ1) is 14.9. The van der Waals surface area contributed by atoms with Gasteiger partial charge < -0.3 is 19.7 Å². The molecule has 0 fully saturated rings. The van der Waals surface area contributed by atoms with E-state index in [-0.39, 0.29) is 18.1 Å². The van der Waals surface area contributed by atoms with E-state index in [2.05, 4.69) is 5.32 Å². The average Bonchev–Trinajstić information content (AvgIpc) is 3.09. The van der Waals surface area contributed by atoms with Crippen LogP contribution in [0, 0.1) is 6.92 Å². The minimum Gasteiger partial charge on any atom is -0.494 e. The Hall–Kier alpha value is -2.87. The molecule has 2 aromatic rings. The number of amides is 2. The maximum absolute atomic E-state index is 12.9. The first kappa shape index (κ1) is 24.4. The Kier molecular flexibility index (Phi) is 9.05. The molecular weight excluding hydrogens is 416 g/mol. The van der Waals surface area contributed by atoms with E-state index in [4.69, 9.17) is 9.47 Å². The van der Waals surface area contributed by atoms with E-state index in [1.54, 1.807) is 43.0 Å². The van der Waals surface area contributed by atoms with Crippen LogP contribution in [0.25, 0.3) is 0 Å². The number of ether oxygens (including phenoxy) is 2. The number of hydrogen-bond donors (Lipinski definition) is 1. The van der Waals surface area contributed by atoms with Gasteiger partial charge in [-0.05, 0) is 57.9 Å². The molecule has 0 saturated heterocycles. The monoisotopic (exact) mass is 446 g/mol. The molecule has 1 heterocycles. The molecular formula is C23H30N2O5S. The van der Waals surface area contributed by atoms with Crippen LogP contribution in [0.2, 0.25) is 0 Å². The number of nitrogens with zero attached hydrogens (tertiary/aromatic N) is 1. The summed E-state index contributed by atoms with van der Waals surface area (Å²) < 4.78 is 10.8. The van der Waals surface area contributed by atoms with Crippen molar-refractivity contribution in [2.24, 2.45) is 0 Å². The van der Waals surface area contributed by atoms with Gasteiger partial charge in [0.1, 0.15) is 10.8 Å². The van der Waals surface area contributed by atoms with Crippen molar-refractivity contribution in [1.82, 2.24) is 4.90 Å². The molecule has 1 N–H and O–H groups in total. The molecule has 0 aliphatic carbocycles. The van der Waals surface area contributed by atoms with Crippen molar-refractivity contribution in [3.63, 3.8) is 0 Å². The summed E-state index contributed by atoms with van der Waals surface area (Å²) in [6, 6.07) is 6.84. The number of thiophene rings is 1. The maximum atomic E-state index is 12.9. The van der Waals surface area contributed by atoms with Gasteiger partial charge in [-0.25, -0.2) is 4.79 Å². The average molecular weight is 447 g/mol. The van der Waals surface area contributed by atoms with Crippen LogP contribution in [0.5, 0.6) is 5.75 Å². The predicted molar refractivity (Wildman–Crippen MR) is 122 cm³/mol. The maximum Gasteiger partial charge on any atom is 0.341 e. The van der Waals surface area contributed by atoms with Crippen molar-refractivity contribution in [3.05, 3.63) is 45.8 Å². The zero-order valence-corrected chi connectivity index (χ0v) is 19.6. The van der Waals surface area contributed by atoms with Gasteiger partial charge in [0.15, 0.2) is 0 Å². The number of esters is 1. The fraction of sp³-hybridized carbons (Fsp3) is 0.435. The Labute approximate surface area is 187 Å². The van der Waals surface area contributed by atoms with Crippen molar-refractivity contribution in [2.45, 2.75) is 41.0 Å². The number of rotatable bonds is 10. The van der Waals surface area contributed by atoms with Gasteiger partial charge in [0.05, 0.1) is 23.7 Å². The Morgan fingerprint density at radius 2 is 1.81 bits per heavy atom. The number of anilines is 1. The van der Waals surface area contributed by atoms with Crippen LogP contribution in [0.15, 0.2) is 24.3 Å². The van der Waals surface area contributed by atoms with Gasteiger partial charge in [0.25, 0.3) is 11.8 Å². The molecule has 2 rings (SSSR count). The molecule has 168 valence electrons. The summed E-state index contributed by atoms with van der Waals surface area (Å²) in [7, 11) is 0. The fourth-order valence-electron chi connectivity index (χ4n) is 3.03. The fourth-order valence-corrected chi connectivity index (χ4v) is 4.19. The summed E-state index contributed by atoms with van der Waals surface area (Å²) in [5.74, 6) is -0.533. The Morgan fingerprint density at radius 3 is 2.42 bits per heavy atom. The molecule has 1 aromatic carbocycles. The highest BCUT2D eigenvalue weighted by Crippen LogP contribution is 2.35. The van der Waals surface area contributed by atoms with Crippen molar-refractivity contribution in [1.29, 1.82) is 0 Å². The van der Waals surface area contributed by atoms with Crippen LogP contribution in [-0.2, 0) is 4.74 Å². The standard InChI is InChI=1S/C23H30N2O5S/c1-6-13-30-17-12-10-11-16(14-17)20(26)24-21-18(23(28)29-9-4)15(5)19(31-21)22(27)25(7-2)8-3/h10-12,14H,6-9,13H2,1-5H3,(H,24,26). The topological polar surface area (TPSA) is 84.9 Å². The van der Waals surface area contributed by atoms with Gasteiger partial charge in [-0.1, -0.05) is 13.0 Å². The summed E-state index contributed by atoms with van der Waals surface area (Å²) in [6.45, 7) is 11.1. The molecule has 0 aliphatic heterocycles. The quantitative estimate of drug-likeness (QED) is 0.532. The van der Waals surface area contributed by atoms with Crippen molar-refractivity contribution >= 4 is 34.1 Å². The van der Waals surface area contributed by atoms with E-state index in [1.165, 1.54) is 0 Å². The molecule has 2 amide bonds. The molecule has 0 spiro atoms. The summed E-state index contributed by atoms with van der Waals surface area (Å²) in [5.41, 5.74) is 1.12. The lowest BCUT2D eigenvalue weighted by Gasteiger charge is -2.18. The van der Waals surface area contributed by atoms with Crippen molar-refractivity contribution in [3.8, 4) is 5.75 Å². The van der Waals surface area contributed by atoms with E-state index in [1.807, 2.05) is 20.8 Å². The summed E-state index contributed by atoms with van der Waals surface area (Å²) in [5, 5.41) is 3.10. The number of hydrogen-bond acceptors (Lipinski definition) is 6. The van der Waals surface area contributed by atoms with Crippen LogP contribution < -0.4 is 10.1 Å². The van der Waals surface area contributed by atoms with Gasteiger partial charge in [-0.2, -0.15) is 0 Å². The third-order valence-electron chi connectivity index (χ3n) is 4.67. The molecule has 0 radical (unpaired) electrons. The first-order valence-corrected chi connectivity index (χ1v) is 11.3. The lowest BCUT2D eigenvalue weighted by molar-refractivity contribution is 0.0527. The SMILES string of the molecule is CCCOc1cccc(C(=O)Nc2sc(C(=O)N(CC)CC)c(C)c2C(=O)OCC)c1. The Balaban J connectivity index is 2.40. The summed E-state index contributed by atoms with van der Waals surface area (Å²) in [6.07, 6.45) is 0.858. The lowest BCUT2D eigenvalue weighted by atomic mass is 10.1. The second-order valence-corrected chi connectivity index (χ2v) is 7.81. The normalized spacial score (nSPS) is 10.5. The summed E-state index contributed by atoms with van der Waals surface area (Å²) >= 11 is 1.09. The molecule has 7 nitrogen and oxygen atoms in total. The van der Waals surface area contributed by atoms with E-state index in [0.717, 1.165) is 17.8 Å². The third-order valence-corrected chi connectivity index (χ3v) is 5.86. The molecule has 0 aliphatic rings. The van der Waals surface area contributed by atoms with Crippen LogP contribution in [-0.4, -0.2) is 49.0 Å². The molecule has 1 aromatic heterocycles. The molecule has 0 saturated carbocycles. The molecule has 8 heteroatoms. The van der Waals surface area contributed by atoms with E-state index >= 15 is 0 Å². The minimum absolute atomic E-state index is 0.173. The number of nitrogens with one attached hydrogen (secondary N) is 1. The highest BCUT2D eigenvalue weighted by atomic mass is 32.1. The zero-order valence-electron chi connectivity index (χ0n) is 18.7. The van der Waals surface area contributed by atoms with E-state index < -0.39 is 11.9 Å². The molecule has 0 unspecified atom stereocenters. The molecule has 0 atom stereocenters. The van der Waals surface area contributed by atoms with Crippen molar-refractivity contribution in [2.75, 3.05) is 31.6 Å². The second kappa shape index (κ2) is 11.5. The van der Waals surface area contributed by atoms with Crippen LogP contribution in [0.1, 0.15) is 70.1 Å². The van der Waals surface area contributed by atoms with Crippen molar-refractivity contribution < 1.29 is 23.9 Å². The first-order valence-electron chi connectivity index (χ1n) is 10.5. The summed E-state index contributed by atoms with van der Waals surface area (Å²) in [4.78, 5) is 40.5. The largest absolute Gasteiger partial charge is 0.494 e. The van der Waals surface area contributed by atoms with Crippen LogP contribution in [0.4, 0.5) is 5.00 Å². The Morgan fingerprint density at radius 1 is 1.10 bits per heavy atom. The van der Waals surface area contributed by atoms with Gasteiger partial charge in [-0.3, -0.25) is 9.59 Å². The number of benzene rings is 1. The number of carbonyl (C=O) groups is 3. The van der Waals surface area contributed by atoms with E-state index in [0.29, 0.717) is 46.5 Å². The van der Waals surface area contributed by atoms with Gasteiger partial charge in [0, 0.05) is 18.7 Å². The third kappa shape index (κ3) is 5.85. The predicted octanol–water partition coefficient (Wildman–Crippen LogP) is 4.76. The lowest BCUT2D eigenvalue weighted by Crippen LogP contribution is -2.30. The second-order valence-electron chi connectivity index (χ2n) is 6.79. The van der Waals surface area contributed by atoms with Crippen LogP contribution in [0.3, 0.4) is 0 Å². The number of carbonyl (C=O) groups excluding carboxylic acids is 3. The van der Waals surface area contributed by atoms with Gasteiger partial charge in [-0.15, -0.1) is 11.3 Å². The van der Waals surface area contributed by atoms with E-state index in [9.17, 15) is 14.4 Å². The zero-order chi connectivity index (χ0) is 23.0. The Bertz CT molecular complexity index is 934. The molecule has 0 bridgehead atoms.